The van der Waals surface area contributed by atoms with Crippen LogP contribution in [-0.4, -0.2) is 55.0 Å². The Hall–Kier alpha value is -0.0300. The smallest absolute Gasteiger partial charge is 0.240 e. The summed E-state index contributed by atoms with van der Waals surface area (Å²) in [6, 6.07) is 0.311. The molecule has 1 saturated heterocycles. The Labute approximate surface area is 129 Å². The van der Waals surface area contributed by atoms with Crippen LogP contribution in [0.25, 0.3) is 0 Å². The third-order valence-corrected chi connectivity index (χ3v) is 3.72. The summed E-state index contributed by atoms with van der Waals surface area (Å²) in [4.78, 5) is 16.6. The first-order valence-corrected chi connectivity index (χ1v) is 6.55. The second-order valence-corrected chi connectivity index (χ2v) is 5.83. The standard InChI is InChI=1S/C13H27N3O.2ClH/c1-9(2)12(15(4)5)13(17)16-8-11(7-14)6-10(16)3;;/h9-12H,6-8,14H2,1-5H3;2*1H/t10?,11?,12-;;/m0../s1. The average Bonchev–Trinajstić information content (AvgIpc) is 2.58. The molecule has 1 fully saturated rings. The van der Waals surface area contributed by atoms with Crippen LogP contribution in [0.3, 0.4) is 0 Å². The number of likely N-dealkylation sites (N-methyl/N-ethyl adjacent to an activating group) is 1. The zero-order chi connectivity index (χ0) is 13.2. The summed E-state index contributed by atoms with van der Waals surface area (Å²) in [5.41, 5.74) is 5.71. The van der Waals surface area contributed by atoms with Crippen molar-refractivity contribution in [3.05, 3.63) is 0 Å². The van der Waals surface area contributed by atoms with E-state index in [4.69, 9.17) is 5.73 Å². The number of carbonyl (C=O) groups excluding carboxylic acids is 1. The van der Waals surface area contributed by atoms with Crippen LogP contribution >= 0.6 is 24.8 Å². The highest BCUT2D eigenvalue weighted by Gasteiger charge is 2.36. The van der Waals surface area contributed by atoms with Gasteiger partial charge < -0.3 is 10.6 Å². The largest absolute Gasteiger partial charge is 0.338 e. The lowest BCUT2D eigenvalue weighted by atomic mass is 10.0. The Balaban J connectivity index is 0. The Morgan fingerprint density at radius 1 is 1.37 bits per heavy atom. The summed E-state index contributed by atoms with van der Waals surface area (Å²) in [5.74, 6) is 1.07. The maximum atomic E-state index is 12.5. The minimum atomic E-state index is -0.0195. The lowest BCUT2D eigenvalue weighted by Crippen LogP contribution is -2.49. The van der Waals surface area contributed by atoms with E-state index >= 15 is 0 Å². The number of halogens is 2. The quantitative estimate of drug-likeness (QED) is 0.858. The highest BCUT2D eigenvalue weighted by atomic mass is 35.5. The molecule has 0 aromatic rings. The van der Waals surface area contributed by atoms with Gasteiger partial charge in [0.25, 0.3) is 0 Å². The molecule has 0 aromatic carbocycles. The SMILES string of the molecule is CC(C)[C@@H](C(=O)N1CC(CN)CC1C)N(C)C.Cl.Cl. The molecule has 4 nitrogen and oxygen atoms in total. The van der Waals surface area contributed by atoms with Crippen LogP contribution in [-0.2, 0) is 4.79 Å². The third-order valence-electron chi connectivity index (χ3n) is 3.72. The highest BCUT2D eigenvalue weighted by molar-refractivity contribution is 5.85. The topological polar surface area (TPSA) is 49.6 Å². The van der Waals surface area contributed by atoms with E-state index in [0.717, 1.165) is 13.0 Å². The maximum Gasteiger partial charge on any atom is 0.240 e. The van der Waals surface area contributed by atoms with Crippen LogP contribution in [0.5, 0.6) is 0 Å². The average molecular weight is 314 g/mol. The Morgan fingerprint density at radius 2 is 1.89 bits per heavy atom. The molecular weight excluding hydrogens is 285 g/mol. The Kier molecular flexibility index (Phi) is 10.1. The van der Waals surface area contributed by atoms with Crippen molar-refractivity contribution in [3.8, 4) is 0 Å². The van der Waals surface area contributed by atoms with Gasteiger partial charge >= 0.3 is 0 Å². The predicted molar refractivity (Wildman–Crippen MR) is 85.1 cm³/mol. The van der Waals surface area contributed by atoms with Gasteiger partial charge in [-0.15, -0.1) is 24.8 Å². The second kappa shape index (κ2) is 9.01. The molecule has 0 radical (unpaired) electrons. The molecule has 0 spiro atoms. The predicted octanol–water partition coefficient (Wildman–Crippen LogP) is 1.61. The first-order valence-electron chi connectivity index (χ1n) is 6.55. The van der Waals surface area contributed by atoms with E-state index < -0.39 is 0 Å². The summed E-state index contributed by atoms with van der Waals surface area (Å²) >= 11 is 0. The van der Waals surface area contributed by atoms with Gasteiger partial charge in [-0.25, -0.2) is 0 Å². The van der Waals surface area contributed by atoms with Crippen LogP contribution in [0, 0.1) is 11.8 Å². The van der Waals surface area contributed by atoms with Gasteiger partial charge in [0.05, 0.1) is 6.04 Å². The first kappa shape index (κ1) is 21.3. The van der Waals surface area contributed by atoms with Gasteiger partial charge in [0.2, 0.25) is 5.91 Å². The summed E-state index contributed by atoms with van der Waals surface area (Å²) in [7, 11) is 3.95. The number of hydrogen-bond donors (Lipinski definition) is 1. The first-order chi connectivity index (χ1) is 7.88. The molecule has 0 aliphatic carbocycles. The van der Waals surface area contributed by atoms with E-state index in [1.165, 1.54) is 0 Å². The lowest BCUT2D eigenvalue weighted by Gasteiger charge is -2.33. The molecule has 2 unspecified atom stereocenters. The number of nitrogens with zero attached hydrogens (tertiary/aromatic N) is 2. The van der Waals surface area contributed by atoms with Gasteiger partial charge in [0, 0.05) is 12.6 Å². The molecule has 1 amide bonds. The van der Waals surface area contributed by atoms with Crippen molar-refractivity contribution in [1.29, 1.82) is 0 Å². The van der Waals surface area contributed by atoms with E-state index in [1.807, 2.05) is 23.9 Å². The van der Waals surface area contributed by atoms with Crippen molar-refractivity contribution in [2.75, 3.05) is 27.2 Å². The molecule has 3 atom stereocenters. The van der Waals surface area contributed by atoms with Crippen molar-refractivity contribution >= 4 is 30.7 Å². The van der Waals surface area contributed by atoms with E-state index in [1.54, 1.807) is 0 Å². The minimum absolute atomic E-state index is 0. The molecule has 6 heteroatoms. The number of carbonyl (C=O) groups is 1. The van der Waals surface area contributed by atoms with E-state index in [0.29, 0.717) is 24.4 Å². The number of amides is 1. The van der Waals surface area contributed by atoms with Crippen LogP contribution < -0.4 is 5.73 Å². The van der Waals surface area contributed by atoms with Crippen molar-refractivity contribution in [2.45, 2.75) is 39.3 Å². The third kappa shape index (κ3) is 5.10. The van der Waals surface area contributed by atoms with Gasteiger partial charge in [-0.2, -0.15) is 0 Å². The van der Waals surface area contributed by atoms with Crippen molar-refractivity contribution in [1.82, 2.24) is 9.80 Å². The zero-order valence-electron chi connectivity index (χ0n) is 12.6. The number of hydrogen-bond acceptors (Lipinski definition) is 3. The van der Waals surface area contributed by atoms with E-state index in [-0.39, 0.29) is 36.8 Å². The fourth-order valence-corrected chi connectivity index (χ4v) is 2.89. The van der Waals surface area contributed by atoms with Crippen LogP contribution in [0.1, 0.15) is 27.2 Å². The molecule has 19 heavy (non-hydrogen) atoms. The summed E-state index contributed by atoms with van der Waals surface area (Å²) in [5, 5.41) is 0. The molecule has 116 valence electrons. The monoisotopic (exact) mass is 313 g/mol. The Bertz CT molecular complexity index is 267. The molecular formula is C13H29Cl2N3O. The molecule has 1 aliphatic rings. The van der Waals surface area contributed by atoms with Crippen molar-refractivity contribution in [3.63, 3.8) is 0 Å². The lowest BCUT2D eigenvalue weighted by molar-refractivity contribution is -0.138. The second-order valence-electron chi connectivity index (χ2n) is 5.83. The minimum Gasteiger partial charge on any atom is -0.338 e. The van der Waals surface area contributed by atoms with Gasteiger partial charge in [0.15, 0.2) is 0 Å². The number of rotatable bonds is 4. The van der Waals surface area contributed by atoms with Crippen LogP contribution in [0.2, 0.25) is 0 Å². The highest BCUT2D eigenvalue weighted by Crippen LogP contribution is 2.24. The van der Waals surface area contributed by atoms with Crippen LogP contribution in [0.15, 0.2) is 0 Å². The normalized spacial score (nSPS) is 24.1. The molecule has 0 bridgehead atoms. The van der Waals surface area contributed by atoms with Gasteiger partial charge in [-0.3, -0.25) is 9.69 Å². The molecule has 0 saturated carbocycles. The molecule has 0 aromatic heterocycles. The number of likely N-dealkylation sites (tertiary alicyclic amines) is 1. The zero-order valence-corrected chi connectivity index (χ0v) is 14.3. The molecule has 1 rings (SSSR count). The fraction of sp³-hybridized carbons (Fsp3) is 0.923. The van der Waals surface area contributed by atoms with E-state index in [9.17, 15) is 4.79 Å². The number of nitrogens with two attached hydrogens (primary N) is 1. The summed E-state index contributed by atoms with van der Waals surface area (Å²) in [6.07, 6.45) is 1.04. The molecule has 2 N–H and O–H groups in total. The van der Waals surface area contributed by atoms with Gasteiger partial charge in [-0.1, -0.05) is 13.8 Å². The Morgan fingerprint density at radius 3 is 2.21 bits per heavy atom. The van der Waals surface area contributed by atoms with Gasteiger partial charge in [0.1, 0.15) is 0 Å². The molecule has 1 aliphatic heterocycles. The summed E-state index contributed by atoms with van der Waals surface area (Å²) in [6.45, 7) is 7.84. The fourth-order valence-electron chi connectivity index (χ4n) is 2.89. The van der Waals surface area contributed by atoms with E-state index in [2.05, 4.69) is 20.8 Å². The molecule has 1 heterocycles. The maximum absolute atomic E-state index is 12.5. The van der Waals surface area contributed by atoms with Crippen molar-refractivity contribution < 1.29 is 4.79 Å². The van der Waals surface area contributed by atoms with Gasteiger partial charge in [-0.05, 0) is 45.8 Å². The van der Waals surface area contributed by atoms with Crippen molar-refractivity contribution in [2.24, 2.45) is 17.6 Å². The van der Waals surface area contributed by atoms with Crippen LogP contribution in [0.4, 0.5) is 0 Å². The summed E-state index contributed by atoms with van der Waals surface area (Å²) < 4.78 is 0.